The fraction of sp³-hybridized carbons (Fsp3) is 0.556. The second-order valence-electron chi connectivity index (χ2n) is 7.43. The Morgan fingerprint density at radius 1 is 1.22 bits per heavy atom. The number of carbonyl (C=O) groups is 2. The topological polar surface area (TPSA) is 58.2 Å². The third-order valence-corrected chi connectivity index (χ3v) is 4.37. The monoisotopic (exact) mass is 336 g/mol. The van der Waals surface area contributed by atoms with E-state index in [2.05, 4.69) is 10.6 Å². The summed E-state index contributed by atoms with van der Waals surface area (Å²) in [6.07, 6.45) is 3.68. The quantitative estimate of drug-likeness (QED) is 0.868. The number of benzene rings is 1. The summed E-state index contributed by atoms with van der Waals surface area (Å²) in [5, 5.41) is 6.47. The summed E-state index contributed by atoms with van der Waals surface area (Å²) >= 11 is 5.96. The fourth-order valence-electron chi connectivity index (χ4n) is 3.14. The Hall–Kier alpha value is -1.55. The predicted octanol–water partition coefficient (Wildman–Crippen LogP) is 4.14. The van der Waals surface area contributed by atoms with Crippen molar-refractivity contribution >= 4 is 29.1 Å². The Balaban J connectivity index is 2.10. The third kappa shape index (κ3) is 4.96. The first kappa shape index (κ1) is 17.8. The van der Waals surface area contributed by atoms with Crippen molar-refractivity contribution in [3.05, 3.63) is 29.3 Å². The molecule has 2 rings (SSSR count). The molecule has 1 fully saturated rings. The largest absolute Gasteiger partial charge is 0.351 e. The molecule has 0 spiro atoms. The lowest BCUT2D eigenvalue weighted by Gasteiger charge is -2.29. The van der Waals surface area contributed by atoms with E-state index in [1.807, 2.05) is 26.8 Å². The van der Waals surface area contributed by atoms with Gasteiger partial charge in [0.15, 0.2) is 0 Å². The van der Waals surface area contributed by atoms with E-state index in [1.165, 1.54) is 0 Å². The van der Waals surface area contributed by atoms with Crippen molar-refractivity contribution in [3.8, 4) is 0 Å². The van der Waals surface area contributed by atoms with E-state index >= 15 is 0 Å². The number of rotatable bonds is 4. The van der Waals surface area contributed by atoms with Crippen molar-refractivity contribution in [2.75, 3.05) is 5.32 Å². The number of hydrogen-bond donors (Lipinski definition) is 2. The SMILES string of the molecule is CC(C)(C)NC(=O)CC1(C(=O)Nc2cccc(Cl)c2)CCCC1. The van der Waals surface area contributed by atoms with Gasteiger partial charge >= 0.3 is 0 Å². The minimum Gasteiger partial charge on any atom is -0.351 e. The van der Waals surface area contributed by atoms with E-state index in [9.17, 15) is 9.59 Å². The van der Waals surface area contributed by atoms with Crippen LogP contribution in [0.5, 0.6) is 0 Å². The molecular formula is C18H25ClN2O2. The van der Waals surface area contributed by atoms with Crippen LogP contribution in [-0.4, -0.2) is 17.4 Å². The molecule has 1 saturated carbocycles. The van der Waals surface area contributed by atoms with Gasteiger partial charge in [-0.3, -0.25) is 9.59 Å². The van der Waals surface area contributed by atoms with Crippen LogP contribution in [0.15, 0.2) is 24.3 Å². The highest BCUT2D eigenvalue weighted by Crippen LogP contribution is 2.42. The Morgan fingerprint density at radius 2 is 1.87 bits per heavy atom. The van der Waals surface area contributed by atoms with Gasteiger partial charge in [-0.05, 0) is 51.8 Å². The molecule has 2 N–H and O–H groups in total. The molecule has 0 atom stereocenters. The van der Waals surface area contributed by atoms with Crippen LogP contribution >= 0.6 is 11.6 Å². The number of halogens is 1. The van der Waals surface area contributed by atoms with Gasteiger partial charge < -0.3 is 10.6 Å². The Labute approximate surface area is 143 Å². The van der Waals surface area contributed by atoms with Gasteiger partial charge in [-0.2, -0.15) is 0 Å². The van der Waals surface area contributed by atoms with Crippen LogP contribution in [-0.2, 0) is 9.59 Å². The smallest absolute Gasteiger partial charge is 0.231 e. The molecule has 0 saturated heterocycles. The van der Waals surface area contributed by atoms with Gasteiger partial charge in [0, 0.05) is 22.7 Å². The van der Waals surface area contributed by atoms with E-state index < -0.39 is 5.41 Å². The van der Waals surface area contributed by atoms with E-state index in [-0.39, 0.29) is 23.8 Å². The van der Waals surface area contributed by atoms with Crippen LogP contribution in [0.1, 0.15) is 52.9 Å². The van der Waals surface area contributed by atoms with Crippen molar-refractivity contribution in [2.45, 2.75) is 58.4 Å². The Kier molecular flexibility index (Phi) is 5.35. The highest BCUT2D eigenvalue weighted by molar-refractivity contribution is 6.30. The number of amides is 2. The van der Waals surface area contributed by atoms with Gasteiger partial charge in [0.05, 0.1) is 5.41 Å². The molecule has 5 heteroatoms. The first-order chi connectivity index (χ1) is 10.7. The molecule has 0 bridgehead atoms. The van der Waals surface area contributed by atoms with E-state index in [0.717, 1.165) is 25.7 Å². The molecule has 0 unspecified atom stereocenters. The highest BCUT2D eigenvalue weighted by atomic mass is 35.5. The molecule has 23 heavy (non-hydrogen) atoms. The van der Waals surface area contributed by atoms with Crippen molar-refractivity contribution < 1.29 is 9.59 Å². The normalized spacial score (nSPS) is 16.9. The maximum atomic E-state index is 12.8. The van der Waals surface area contributed by atoms with Crippen LogP contribution in [0.25, 0.3) is 0 Å². The van der Waals surface area contributed by atoms with E-state index in [1.54, 1.807) is 18.2 Å². The molecule has 0 radical (unpaired) electrons. The molecule has 4 nitrogen and oxygen atoms in total. The van der Waals surface area contributed by atoms with Gasteiger partial charge in [0.2, 0.25) is 11.8 Å². The number of anilines is 1. The second kappa shape index (κ2) is 6.91. The highest BCUT2D eigenvalue weighted by Gasteiger charge is 2.43. The maximum absolute atomic E-state index is 12.8. The van der Waals surface area contributed by atoms with Crippen LogP contribution in [0.2, 0.25) is 5.02 Å². The van der Waals surface area contributed by atoms with Crippen molar-refractivity contribution in [3.63, 3.8) is 0 Å². The zero-order valence-corrected chi connectivity index (χ0v) is 14.8. The molecule has 1 aromatic rings. The molecule has 1 aromatic carbocycles. The average Bonchev–Trinajstić information content (AvgIpc) is 2.86. The van der Waals surface area contributed by atoms with Gasteiger partial charge in [0.1, 0.15) is 0 Å². The molecule has 0 aliphatic heterocycles. The zero-order valence-electron chi connectivity index (χ0n) is 14.0. The zero-order chi connectivity index (χ0) is 17.1. The molecular weight excluding hydrogens is 312 g/mol. The van der Waals surface area contributed by atoms with Crippen LogP contribution < -0.4 is 10.6 Å². The Bertz CT molecular complexity index is 587. The van der Waals surface area contributed by atoms with Crippen molar-refractivity contribution in [2.24, 2.45) is 5.41 Å². The molecule has 2 amide bonds. The summed E-state index contributed by atoms with van der Waals surface area (Å²) in [4.78, 5) is 25.1. The fourth-order valence-corrected chi connectivity index (χ4v) is 3.33. The van der Waals surface area contributed by atoms with E-state index in [4.69, 9.17) is 11.6 Å². The van der Waals surface area contributed by atoms with Crippen molar-refractivity contribution in [1.82, 2.24) is 5.32 Å². The van der Waals surface area contributed by atoms with Crippen molar-refractivity contribution in [1.29, 1.82) is 0 Å². The van der Waals surface area contributed by atoms with Gasteiger partial charge in [-0.25, -0.2) is 0 Å². The minimum atomic E-state index is -0.613. The summed E-state index contributed by atoms with van der Waals surface area (Å²) in [5.74, 6) is -0.151. The van der Waals surface area contributed by atoms with Crippen LogP contribution in [0, 0.1) is 5.41 Å². The molecule has 126 valence electrons. The third-order valence-electron chi connectivity index (χ3n) is 4.14. The lowest BCUT2D eigenvalue weighted by atomic mass is 9.81. The van der Waals surface area contributed by atoms with Crippen LogP contribution in [0.4, 0.5) is 5.69 Å². The predicted molar refractivity (Wildman–Crippen MR) is 93.5 cm³/mol. The van der Waals surface area contributed by atoms with E-state index in [0.29, 0.717) is 10.7 Å². The number of hydrogen-bond acceptors (Lipinski definition) is 2. The summed E-state index contributed by atoms with van der Waals surface area (Å²) in [6.45, 7) is 5.83. The maximum Gasteiger partial charge on any atom is 0.231 e. The molecule has 1 aliphatic rings. The number of nitrogens with one attached hydrogen (secondary N) is 2. The molecule has 1 aliphatic carbocycles. The minimum absolute atomic E-state index is 0.0688. The first-order valence-corrected chi connectivity index (χ1v) is 8.46. The Morgan fingerprint density at radius 3 is 2.43 bits per heavy atom. The lowest BCUT2D eigenvalue weighted by Crippen LogP contribution is -2.45. The molecule has 0 aromatic heterocycles. The summed E-state index contributed by atoms with van der Waals surface area (Å²) < 4.78 is 0. The van der Waals surface area contributed by atoms with Crippen LogP contribution in [0.3, 0.4) is 0 Å². The summed E-state index contributed by atoms with van der Waals surface area (Å²) in [7, 11) is 0. The summed E-state index contributed by atoms with van der Waals surface area (Å²) in [6, 6.07) is 7.09. The van der Waals surface area contributed by atoms with Gasteiger partial charge in [0.25, 0.3) is 0 Å². The number of carbonyl (C=O) groups excluding carboxylic acids is 2. The summed E-state index contributed by atoms with van der Waals surface area (Å²) in [5.41, 5.74) is -0.234. The standard InChI is InChI=1S/C18H25ClN2O2/c1-17(2,3)21-15(22)12-18(9-4-5-10-18)16(23)20-14-8-6-7-13(19)11-14/h6-8,11H,4-5,9-10,12H2,1-3H3,(H,20,23)(H,21,22). The lowest BCUT2D eigenvalue weighted by molar-refractivity contribution is -0.133. The molecule has 0 heterocycles. The average molecular weight is 337 g/mol. The first-order valence-electron chi connectivity index (χ1n) is 8.08. The van der Waals surface area contributed by atoms with Gasteiger partial charge in [-0.15, -0.1) is 0 Å². The second-order valence-corrected chi connectivity index (χ2v) is 7.86. The van der Waals surface area contributed by atoms with Gasteiger partial charge in [-0.1, -0.05) is 30.5 Å².